The van der Waals surface area contributed by atoms with Gasteiger partial charge in [0, 0.05) is 0 Å². The molecule has 0 radical (unpaired) electrons. The summed E-state index contributed by atoms with van der Waals surface area (Å²) in [6.45, 7) is 9.90. The zero-order valence-electron chi connectivity index (χ0n) is 18.0. The zero-order valence-corrected chi connectivity index (χ0v) is 18.0. The summed E-state index contributed by atoms with van der Waals surface area (Å²) in [5.74, 6) is 6.60. The summed E-state index contributed by atoms with van der Waals surface area (Å²) in [5, 5.41) is 0. The predicted molar refractivity (Wildman–Crippen MR) is 117 cm³/mol. The second-order valence-corrected chi connectivity index (χ2v) is 10.00. The molecule has 4 aliphatic carbocycles. The fourth-order valence-electron chi connectivity index (χ4n) is 7.97. The van der Waals surface area contributed by atoms with Gasteiger partial charge in [0.2, 0.25) is 0 Å². The maximum Gasteiger partial charge on any atom is -0.0131 e. The Bertz CT molecular complexity index is 628. The first-order valence-corrected chi connectivity index (χ1v) is 11.9. The van der Waals surface area contributed by atoms with Crippen molar-refractivity contribution in [1.82, 2.24) is 0 Å². The van der Waals surface area contributed by atoms with Crippen LogP contribution in [0.4, 0.5) is 0 Å². The maximum absolute atomic E-state index is 2.59. The van der Waals surface area contributed by atoms with Crippen LogP contribution in [0.1, 0.15) is 66.2 Å². The minimum absolute atomic E-state index is 0.504. The van der Waals surface area contributed by atoms with Gasteiger partial charge in [0.25, 0.3) is 0 Å². The molecule has 27 heavy (non-hydrogen) atoms. The fraction of sp³-hybridized carbons (Fsp3) is 0.704. The highest BCUT2D eigenvalue weighted by Gasteiger charge is 2.56. The van der Waals surface area contributed by atoms with Gasteiger partial charge in [-0.05, 0) is 78.4 Å². The van der Waals surface area contributed by atoms with E-state index in [9.17, 15) is 0 Å². The summed E-state index contributed by atoms with van der Waals surface area (Å²) in [5.41, 5.74) is 0.504. The van der Waals surface area contributed by atoms with Crippen molar-refractivity contribution >= 4 is 0 Å². The van der Waals surface area contributed by atoms with Crippen LogP contribution in [0, 0.1) is 52.8 Å². The Morgan fingerprint density at radius 1 is 0.704 bits per heavy atom. The van der Waals surface area contributed by atoms with Gasteiger partial charge in [0.1, 0.15) is 0 Å². The van der Waals surface area contributed by atoms with E-state index in [4.69, 9.17) is 0 Å². The third-order valence-corrected chi connectivity index (χ3v) is 9.21. The smallest absolute Gasteiger partial charge is 0.0131 e. The molecule has 8 atom stereocenters. The van der Waals surface area contributed by atoms with Gasteiger partial charge in [0.05, 0.1) is 0 Å². The Labute approximate surface area is 167 Å². The van der Waals surface area contributed by atoms with Gasteiger partial charge in [-0.3, -0.25) is 0 Å². The molecule has 148 valence electrons. The Kier molecular flexibility index (Phi) is 5.55. The lowest BCUT2D eigenvalue weighted by Gasteiger charge is -2.48. The van der Waals surface area contributed by atoms with Crippen molar-refractivity contribution in [3.8, 4) is 0 Å². The van der Waals surface area contributed by atoms with Crippen molar-refractivity contribution in [3.05, 3.63) is 48.6 Å². The van der Waals surface area contributed by atoms with E-state index in [1.807, 2.05) is 0 Å². The molecule has 0 aromatic carbocycles. The molecule has 0 amide bonds. The summed E-state index contributed by atoms with van der Waals surface area (Å²) >= 11 is 0. The lowest BCUT2D eigenvalue weighted by atomic mass is 9.56. The summed E-state index contributed by atoms with van der Waals surface area (Å²) in [4.78, 5) is 0. The molecule has 0 heterocycles. The summed E-state index contributed by atoms with van der Waals surface area (Å²) in [6.07, 6.45) is 27.9. The molecule has 0 spiro atoms. The minimum atomic E-state index is 0.504. The molecular formula is C27H40. The van der Waals surface area contributed by atoms with Crippen molar-refractivity contribution < 1.29 is 0 Å². The number of rotatable bonds is 6. The molecule has 8 unspecified atom stereocenters. The summed E-state index contributed by atoms with van der Waals surface area (Å²) < 4.78 is 0. The summed E-state index contributed by atoms with van der Waals surface area (Å²) in [6, 6.07) is 0. The van der Waals surface area contributed by atoms with E-state index in [0.717, 1.165) is 47.3 Å². The highest BCUT2D eigenvalue weighted by Crippen LogP contribution is 2.63. The topological polar surface area (TPSA) is 0 Å². The second-order valence-electron chi connectivity index (χ2n) is 10.00. The first kappa shape index (κ1) is 19.3. The van der Waals surface area contributed by atoms with E-state index in [1.54, 1.807) is 0 Å². The summed E-state index contributed by atoms with van der Waals surface area (Å²) in [7, 11) is 0. The predicted octanol–water partition coefficient (Wildman–Crippen LogP) is 7.60. The van der Waals surface area contributed by atoms with E-state index in [2.05, 4.69) is 76.3 Å². The largest absolute Gasteiger partial charge is 0.0806 e. The van der Waals surface area contributed by atoms with E-state index in [0.29, 0.717) is 5.41 Å². The van der Waals surface area contributed by atoms with Crippen LogP contribution < -0.4 is 0 Å². The van der Waals surface area contributed by atoms with Crippen molar-refractivity contribution in [3.63, 3.8) is 0 Å². The first-order valence-electron chi connectivity index (χ1n) is 11.9. The molecule has 0 saturated heterocycles. The highest BCUT2D eigenvalue weighted by atomic mass is 14.6. The van der Waals surface area contributed by atoms with Crippen LogP contribution in [-0.4, -0.2) is 0 Å². The van der Waals surface area contributed by atoms with Crippen LogP contribution in [0.3, 0.4) is 0 Å². The third kappa shape index (κ3) is 3.02. The van der Waals surface area contributed by atoms with Gasteiger partial charge in [0.15, 0.2) is 0 Å². The van der Waals surface area contributed by atoms with Gasteiger partial charge in [-0.25, -0.2) is 0 Å². The van der Waals surface area contributed by atoms with Crippen LogP contribution in [0.25, 0.3) is 0 Å². The van der Waals surface area contributed by atoms with Gasteiger partial charge in [-0.15, -0.1) is 0 Å². The van der Waals surface area contributed by atoms with Crippen LogP contribution in [-0.2, 0) is 0 Å². The molecule has 0 aromatic rings. The average Bonchev–Trinajstić information content (AvgIpc) is 3.24. The van der Waals surface area contributed by atoms with Crippen LogP contribution >= 0.6 is 0 Å². The molecule has 0 N–H and O–H groups in total. The van der Waals surface area contributed by atoms with E-state index < -0.39 is 0 Å². The number of fused-ring (bicyclic) bond motifs is 2. The molecule has 0 nitrogen and oxygen atoms in total. The minimum Gasteiger partial charge on any atom is -0.0806 e. The van der Waals surface area contributed by atoms with Crippen LogP contribution in [0.15, 0.2) is 48.6 Å². The van der Waals surface area contributed by atoms with E-state index in [1.165, 1.54) is 38.5 Å². The van der Waals surface area contributed by atoms with Gasteiger partial charge >= 0.3 is 0 Å². The van der Waals surface area contributed by atoms with Gasteiger partial charge in [-0.2, -0.15) is 0 Å². The van der Waals surface area contributed by atoms with Crippen molar-refractivity contribution in [2.75, 3.05) is 0 Å². The molecule has 0 heteroatoms. The molecule has 4 aliphatic rings. The molecule has 2 saturated carbocycles. The van der Waals surface area contributed by atoms with Crippen LogP contribution in [0.2, 0.25) is 0 Å². The maximum atomic E-state index is 2.59. The first-order chi connectivity index (χ1) is 13.2. The monoisotopic (exact) mass is 364 g/mol. The second kappa shape index (κ2) is 7.76. The fourth-order valence-corrected chi connectivity index (χ4v) is 7.97. The standard InChI is InChI=1S/C27H40/c1-5-12-20-18-26(24-16-11-9-14-22(20)24)27(6-2,7-3)25-17-19(4)21-13-8-10-15-23(21)25/h8-11,13-16,19-26H,5-7,12,17-18H2,1-4H3. The Hall–Kier alpha value is -1.04. The third-order valence-electron chi connectivity index (χ3n) is 9.21. The van der Waals surface area contributed by atoms with Crippen LogP contribution in [0.5, 0.6) is 0 Å². The van der Waals surface area contributed by atoms with Gasteiger partial charge < -0.3 is 0 Å². The average molecular weight is 365 g/mol. The molecule has 0 aliphatic heterocycles. The van der Waals surface area contributed by atoms with Crippen molar-refractivity contribution in [2.45, 2.75) is 66.2 Å². The van der Waals surface area contributed by atoms with E-state index >= 15 is 0 Å². The molecule has 0 bridgehead atoms. The Balaban J connectivity index is 1.69. The van der Waals surface area contributed by atoms with E-state index in [-0.39, 0.29) is 0 Å². The zero-order chi connectivity index (χ0) is 19.0. The SMILES string of the molecule is CCCC1CC(C(CC)(CC)C2CC(C)C3C=CC=CC32)C2C=CC=CC12. The molecular weight excluding hydrogens is 324 g/mol. The van der Waals surface area contributed by atoms with Crippen molar-refractivity contribution in [2.24, 2.45) is 52.8 Å². The number of allylic oxidation sites excluding steroid dienone is 8. The quantitative estimate of drug-likeness (QED) is 0.455. The lowest BCUT2D eigenvalue weighted by Crippen LogP contribution is -2.41. The Morgan fingerprint density at radius 2 is 1.22 bits per heavy atom. The van der Waals surface area contributed by atoms with Gasteiger partial charge in [-0.1, -0.05) is 89.1 Å². The van der Waals surface area contributed by atoms with Crippen molar-refractivity contribution in [1.29, 1.82) is 0 Å². The number of hydrogen-bond donors (Lipinski definition) is 0. The number of hydrogen-bond acceptors (Lipinski definition) is 0. The normalized spacial score (nSPS) is 42.5. The molecule has 2 fully saturated rings. The highest BCUT2D eigenvalue weighted by molar-refractivity contribution is 5.24. The lowest BCUT2D eigenvalue weighted by molar-refractivity contribution is 0.0240. The molecule has 0 aromatic heterocycles. The molecule has 4 rings (SSSR count). The Morgan fingerprint density at radius 3 is 1.81 bits per heavy atom.